The molecule has 0 aliphatic heterocycles. The Hall–Kier alpha value is -3.68. The van der Waals surface area contributed by atoms with Gasteiger partial charge in [0, 0.05) is 16.8 Å². The van der Waals surface area contributed by atoms with Gasteiger partial charge in [0.2, 0.25) is 5.91 Å². The van der Waals surface area contributed by atoms with Crippen molar-refractivity contribution in [3.05, 3.63) is 65.2 Å². The first-order valence-electron chi connectivity index (χ1n) is 7.57. The number of carbonyl (C=O) groups excluding carboxylic acids is 4. The summed E-state index contributed by atoms with van der Waals surface area (Å²) in [5, 5.41) is 5.04. The number of amides is 3. The third-order valence-corrected chi connectivity index (χ3v) is 3.40. The zero-order chi connectivity index (χ0) is 19.1. The van der Waals surface area contributed by atoms with Crippen LogP contribution in [0, 0.1) is 0 Å². The van der Waals surface area contributed by atoms with Crippen molar-refractivity contribution in [2.24, 2.45) is 5.73 Å². The molecule has 0 saturated heterocycles. The van der Waals surface area contributed by atoms with E-state index in [0.29, 0.717) is 22.4 Å². The molecule has 0 bridgehead atoms. The molecular formula is C18H17N3O5. The standard InChI is InChI=1S/C18H17N3O5/c1-26-18(25)13-4-2-12(3-5-13)17(24)21-14-8-6-11(7-9-14)16(23)20-10-15(19)22/h2-9H,10H2,1H3,(H2,19,22)(H,20,23)(H,21,24). The van der Waals surface area contributed by atoms with Gasteiger partial charge in [0.1, 0.15) is 0 Å². The molecular weight excluding hydrogens is 338 g/mol. The van der Waals surface area contributed by atoms with E-state index in [2.05, 4.69) is 15.4 Å². The summed E-state index contributed by atoms with van der Waals surface area (Å²) in [5.74, 6) is -1.94. The van der Waals surface area contributed by atoms with E-state index in [0.717, 1.165) is 0 Å². The molecule has 0 heterocycles. The number of nitrogens with two attached hydrogens (primary N) is 1. The van der Waals surface area contributed by atoms with Crippen LogP contribution in [0.15, 0.2) is 48.5 Å². The molecule has 0 fully saturated rings. The summed E-state index contributed by atoms with van der Waals surface area (Å²) >= 11 is 0. The quantitative estimate of drug-likeness (QED) is 0.665. The third kappa shape index (κ3) is 4.91. The maximum absolute atomic E-state index is 12.2. The zero-order valence-corrected chi connectivity index (χ0v) is 13.9. The van der Waals surface area contributed by atoms with Crippen molar-refractivity contribution >= 4 is 29.4 Å². The molecule has 0 radical (unpaired) electrons. The SMILES string of the molecule is COC(=O)c1ccc(C(=O)Nc2ccc(C(=O)NCC(N)=O)cc2)cc1. The first-order chi connectivity index (χ1) is 12.4. The molecule has 0 spiro atoms. The maximum atomic E-state index is 12.2. The highest BCUT2D eigenvalue weighted by atomic mass is 16.5. The predicted octanol–water partition coefficient (Wildman–Crippen LogP) is 0.941. The van der Waals surface area contributed by atoms with Gasteiger partial charge in [-0.1, -0.05) is 0 Å². The molecule has 0 aromatic heterocycles. The van der Waals surface area contributed by atoms with E-state index >= 15 is 0 Å². The van der Waals surface area contributed by atoms with Gasteiger partial charge >= 0.3 is 5.97 Å². The van der Waals surface area contributed by atoms with Crippen LogP contribution in [0.4, 0.5) is 5.69 Å². The Morgan fingerprint density at radius 2 is 1.35 bits per heavy atom. The Morgan fingerprint density at radius 1 is 0.846 bits per heavy atom. The van der Waals surface area contributed by atoms with Gasteiger partial charge in [-0.2, -0.15) is 0 Å². The van der Waals surface area contributed by atoms with E-state index in [9.17, 15) is 19.2 Å². The third-order valence-electron chi connectivity index (χ3n) is 3.40. The van der Waals surface area contributed by atoms with Crippen molar-refractivity contribution in [2.75, 3.05) is 19.0 Å². The minimum absolute atomic E-state index is 0.251. The second-order valence-electron chi connectivity index (χ2n) is 5.25. The largest absolute Gasteiger partial charge is 0.465 e. The van der Waals surface area contributed by atoms with Gasteiger partial charge in [-0.05, 0) is 48.5 Å². The number of esters is 1. The van der Waals surface area contributed by atoms with Crippen LogP contribution in [0.25, 0.3) is 0 Å². The number of primary amides is 1. The van der Waals surface area contributed by atoms with E-state index in [1.807, 2.05) is 0 Å². The van der Waals surface area contributed by atoms with Crippen molar-refractivity contribution in [3.8, 4) is 0 Å². The summed E-state index contributed by atoms with van der Waals surface area (Å²) in [4.78, 5) is 46.0. The second-order valence-corrected chi connectivity index (χ2v) is 5.25. The summed E-state index contributed by atoms with van der Waals surface area (Å²) in [5.41, 5.74) is 6.48. The smallest absolute Gasteiger partial charge is 0.337 e. The lowest BCUT2D eigenvalue weighted by Crippen LogP contribution is -2.33. The minimum Gasteiger partial charge on any atom is -0.465 e. The highest BCUT2D eigenvalue weighted by Crippen LogP contribution is 2.12. The highest BCUT2D eigenvalue weighted by molar-refractivity contribution is 6.05. The van der Waals surface area contributed by atoms with E-state index in [4.69, 9.17) is 5.73 Å². The molecule has 0 aliphatic rings. The van der Waals surface area contributed by atoms with Crippen molar-refractivity contribution in [1.82, 2.24) is 5.32 Å². The molecule has 0 saturated carbocycles. The molecule has 0 atom stereocenters. The van der Waals surface area contributed by atoms with Crippen molar-refractivity contribution in [2.45, 2.75) is 0 Å². The van der Waals surface area contributed by atoms with Crippen LogP contribution in [-0.2, 0) is 9.53 Å². The number of hydrogen-bond donors (Lipinski definition) is 3. The molecule has 26 heavy (non-hydrogen) atoms. The van der Waals surface area contributed by atoms with Crippen molar-refractivity contribution in [1.29, 1.82) is 0 Å². The molecule has 2 aromatic rings. The van der Waals surface area contributed by atoms with Gasteiger partial charge in [0.05, 0.1) is 19.2 Å². The topological polar surface area (TPSA) is 128 Å². The molecule has 2 aromatic carbocycles. The Morgan fingerprint density at radius 3 is 1.88 bits per heavy atom. The van der Waals surface area contributed by atoms with E-state index in [1.165, 1.54) is 43.5 Å². The average Bonchev–Trinajstić information content (AvgIpc) is 2.66. The average molecular weight is 355 g/mol. The fraction of sp³-hybridized carbons (Fsp3) is 0.111. The number of carbonyl (C=O) groups is 4. The predicted molar refractivity (Wildman–Crippen MR) is 93.7 cm³/mol. The number of benzene rings is 2. The second kappa shape index (κ2) is 8.43. The van der Waals surface area contributed by atoms with Gasteiger partial charge in [0.15, 0.2) is 0 Å². The lowest BCUT2D eigenvalue weighted by molar-refractivity contribution is -0.117. The first-order valence-corrected chi connectivity index (χ1v) is 7.57. The fourth-order valence-corrected chi connectivity index (χ4v) is 2.05. The molecule has 0 unspecified atom stereocenters. The molecule has 0 aliphatic carbocycles. The number of anilines is 1. The van der Waals surface area contributed by atoms with Crippen LogP contribution in [0.5, 0.6) is 0 Å². The van der Waals surface area contributed by atoms with E-state index in [-0.39, 0.29) is 12.5 Å². The normalized spacial score (nSPS) is 9.88. The number of nitrogens with one attached hydrogen (secondary N) is 2. The summed E-state index contributed by atoms with van der Waals surface area (Å²) in [7, 11) is 1.28. The Bertz CT molecular complexity index is 829. The lowest BCUT2D eigenvalue weighted by Gasteiger charge is -2.07. The molecule has 2 rings (SSSR count). The minimum atomic E-state index is -0.638. The number of hydrogen-bond acceptors (Lipinski definition) is 5. The van der Waals surface area contributed by atoms with Gasteiger partial charge in [-0.25, -0.2) is 4.79 Å². The molecule has 3 amide bonds. The molecule has 4 N–H and O–H groups in total. The Balaban J connectivity index is 1.99. The van der Waals surface area contributed by atoms with Crippen LogP contribution < -0.4 is 16.4 Å². The number of rotatable bonds is 6. The monoisotopic (exact) mass is 355 g/mol. The van der Waals surface area contributed by atoms with Crippen LogP contribution in [0.2, 0.25) is 0 Å². The van der Waals surface area contributed by atoms with Crippen LogP contribution in [0.1, 0.15) is 31.1 Å². The van der Waals surface area contributed by atoms with Gasteiger partial charge in [-0.15, -0.1) is 0 Å². The van der Waals surface area contributed by atoms with Crippen molar-refractivity contribution in [3.63, 3.8) is 0 Å². The number of methoxy groups -OCH3 is 1. The molecule has 8 heteroatoms. The van der Waals surface area contributed by atoms with Gasteiger partial charge < -0.3 is 21.1 Å². The van der Waals surface area contributed by atoms with E-state index < -0.39 is 17.8 Å². The zero-order valence-electron chi connectivity index (χ0n) is 13.9. The van der Waals surface area contributed by atoms with Crippen LogP contribution in [0.3, 0.4) is 0 Å². The lowest BCUT2D eigenvalue weighted by atomic mass is 10.1. The number of ether oxygens (including phenoxy) is 1. The van der Waals surface area contributed by atoms with E-state index in [1.54, 1.807) is 12.1 Å². The Labute approximate surface area is 149 Å². The summed E-state index contributed by atoms with van der Waals surface area (Å²) in [6.07, 6.45) is 0. The van der Waals surface area contributed by atoms with Crippen LogP contribution >= 0.6 is 0 Å². The van der Waals surface area contributed by atoms with Gasteiger partial charge in [-0.3, -0.25) is 14.4 Å². The first kappa shape index (κ1) is 18.7. The fourth-order valence-electron chi connectivity index (χ4n) is 2.05. The summed E-state index contributed by atoms with van der Waals surface area (Å²) < 4.78 is 4.60. The van der Waals surface area contributed by atoms with Crippen molar-refractivity contribution < 1.29 is 23.9 Å². The summed E-state index contributed by atoms with van der Waals surface area (Å²) in [6, 6.07) is 12.1. The Kier molecular flexibility index (Phi) is 6.05. The highest BCUT2D eigenvalue weighted by Gasteiger charge is 2.10. The van der Waals surface area contributed by atoms with Crippen LogP contribution in [-0.4, -0.2) is 37.3 Å². The summed E-state index contributed by atoms with van der Waals surface area (Å²) in [6.45, 7) is -0.251. The van der Waals surface area contributed by atoms with Gasteiger partial charge in [0.25, 0.3) is 11.8 Å². The molecule has 8 nitrogen and oxygen atoms in total. The molecule has 134 valence electrons. The maximum Gasteiger partial charge on any atom is 0.337 e.